The number of rotatable bonds is 4. The second-order valence-electron chi connectivity index (χ2n) is 5.16. The van der Waals surface area contributed by atoms with Gasteiger partial charge in [-0.05, 0) is 29.7 Å². The number of benzene rings is 2. The van der Waals surface area contributed by atoms with E-state index >= 15 is 0 Å². The smallest absolute Gasteiger partial charge is 0.358 e. The van der Waals surface area contributed by atoms with Crippen molar-refractivity contribution in [1.82, 2.24) is 4.98 Å². The molecule has 0 fully saturated rings. The summed E-state index contributed by atoms with van der Waals surface area (Å²) in [5.74, 6) is -1.18. The van der Waals surface area contributed by atoms with Crippen LogP contribution < -0.4 is 5.32 Å². The van der Waals surface area contributed by atoms with Gasteiger partial charge in [0, 0.05) is 27.3 Å². The van der Waals surface area contributed by atoms with E-state index < -0.39 is 18.5 Å². The van der Waals surface area contributed by atoms with E-state index in [2.05, 4.69) is 10.3 Å². The van der Waals surface area contributed by atoms with Crippen LogP contribution in [0.15, 0.2) is 54.7 Å². The summed E-state index contributed by atoms with van der Waals surface area (Å²) >= 11 is 11.7. The number of carbonyl (C=O) groups is 2. The highest BCUT2D eigenvalue weighted by atomic mass is 35.5. The summed E-state index contributed by atoms with van der Waals surface area (Å²) in [4.78, 5) is 28.2. The lowest BCUT2D eigenvalue weighted by Crippen LogP contribution is -2.21. The number of halogens is 2. The summed E-state index contributed by atoms with van der Waals surface area (Å²) in [5.41, 5.74) is 0.582. The minimum atomic E-state index is -0.670. The Balaban J connectivity index is 1.66. The highest BCUT2D eigenvalue weighted by Crippen LogP contribution is 2.22. The van der Waals surface area contributed by atoms with Crippen molar-refractivity contribution in [2.24, 2.45) is 0 Å². The molecule has 126 valence electrons. The molecule has 3 rings (SSSR count). The van der Waals surface area contributed by atoms with Crippen molar-refractivity contribution < 1.29 is 14.3 Å². The maximum absolute atomic E-state index is 12.2. The van der Waals surface area contributed by atoms with Gasteiger partial charge in [0.1, 0.15) is 0 Å². The van der Waals surface area contributed by atoms with Crippen molar-refractivity contribution in [2.75, 3.05) is 11.9 Å². The minimum absolute atomic E-state index is 0.164. The van der Waals surface area contributed by atoms with Gasteiger partial charge >= 0.3 is 5.97 Å². The lowest BCUT2D eigenvalue weighted by molar-refractivity contribution is -0.119. The molecule has 2 aromatic carbocycles. The van der Waals surface area contributed by atoms with Gasteiger partial charge in [0.15, 0.2) is 12.3 Å². The van der Waals surface area contributed by atoms with Gasteiger partial charge in [-0.1, -0.05) is 47.5 Å². The maximum atomic E-state index is 12.2. The number of esters is 1. The Kier molecular flexibility index (Phi) is 5.16. The van der Waals surface area contributed by atoms with Crippen LogP contribution >= 0.6 is 23.2 Å². The number of amides is 1. The largest absolute Gasteiger partial charge is 0.451 e. The van der Waals surface area contributed by atoms with Crippen molar-refractivity contribution in [3.63, 3.8) is 0 Å². The van der Waals surface area contributed by atoms with Crippen LogP contribution in [0, 0.1) is 0 Å². The standard InChI is InChI=1S/C18H12Cl2N2O3/c19-12-7-13(20)9-14(8-12)22-16(23)10-25-18(24)17-15-4-2-1-3-11(15)5-6-21-17/h1-9H,10H2,(H,22,23). The van der Waals surface area contributed by atoms with E-state index in [1.54, 1.807) is 36.4 Å². The summed E-state index contributed by atoms with van der Waals surface area (Å²) in [6.45, 7) is -0.451. The monoisotopic (exact) mass is 374 g/mol. The number of carbonyl (C=O) groups excluding carboxylic acids is 2. The normalized spacial score (nSPS) is 10.5. The van der Waals surface area contributed by atoms with Crippen LogP contribution in [-0.2, 0) is 9.53 Å². The molecular formula is C18H12Cl2N2O3. The van der Waals surface area contributed by atoms with E-state index in [0.29, 0.717) is 21.1 Å². The molecule has 0 aliphatic carbocycles. The molecule has 1 amide bonds. The van der Waals surface area contributed by atoms with Gasteiger partial charge in [-0.25, -0.2) is 9.78 Å². The van der Waals surface area contributed by atoms with Gasteiger partial charge in [0.05, 0.1) is 0 Å². The molecule has 1 aromatic heterocycles. The number of hydrogen-bond acceptors (Lipinski definition) is 4. The number of fused-ring (bicyclic) bond motifs is 1. The predicted molar refractivity (Wildman–Crippen MR) is 97.1 cm³/mol. The van der Waals surface area contributed by atoms with E-state index in [-0.39, 0.29) is 5.69 Å². The van der Waals surface area contributed by atoms with Crippen LogP contribution in [0.25, 0.3) is 10.8 Å². The van der Waals surface area contributed by atoms with Crippen LogP contribution in [0.1, 0.15) is 10.5 Å². The first-order valence-electron chi connectivity index (χ1n) is 7.30. The molecule has 0 atom stereocenters. The molecule has 0 saturated carbocycles. The van der Waals surface area contributed by atoms with Gasteiger partial charge in [0.25, 0.3) is 5.91 Å². The predicted octanol–water partition coefficient (Wildman–Crippen LogP) is 4.34. The molecule has 1 N–H and O–H groups in total. The lowest BCUT2D eigenvalue weighted by atomic mass is 10.1. The summed E-state index contributed by atoms with van der Waals surface area (Å²) in [7, 11) is 0. The molecule has 0 unspecified atom stereocenters. The fourth-order valence-electron chi connectivity index (χ4n) is 2.30. The zero-order valence-electron chi connectivity index (χ0n) is 12.8. The van der Waals surface area contributed by atoms with E-state index in [1.165, 1.54) is 6.20 Å². The Morgan fingerprint density at radius 2 is 1.76 bits per heavy atom. The van der Waals surface area contributed by atoms with Crippen LogP contribution in [-0.4, -0.2) is 23.5 Å². The summed E-state index contributed by atoms with van der Waals surface area (Å²) in [5, 5.41) is 4.87. The Labute approximate surface area is 153 Å². The molecule has 0 saturated heterocycles. The van der Waals surface area contributed by atoms with Gasteiger partial charge in [-0.2, -0.15) is 0 Å². The van der Waals surface area contributed by atoms with E-state index in [0.717, 1.165) is 5.39 Å². The number of nitrogens with one attached hydrogen (secondary N) is 1. The molecule has 25 heavy (non-hydrogen) atoms. The summed E-state index contributed by atoms with van der Waals surface area (Å²) in [6.07, 6.45) is 1.52. The molecule has 0 aliphatic rings. The zero-order valence-corrected chi connectivity index (χ0v) is 14.3. The van der Waals surface area contributed by atoms with Gasteiger partial charge in [-0.3, -0.25) is 4.79 Å². The molecule has 7 heteroatoms. The first kappa shape index (κ1) is 17.2. The van der Waals surface area contributed by atoms with Gasteiger partial charge in [-0.15, -0.1) is 0 Å². The Morgan fingerprint density at radius 3 is 2.52 bits per heavy atom. The van der Waals surface area contributed by atoms with Crippen LogP contribution in [0.2, 0.25) is 10.0 Å². The fraction of sp³-hybridized carbons (Fsp3) is 0.0556. The van der Waals surface area contributed by atoms with Crippen molar-refractivity contribution in [3.05, 3.63) is 70.5 Å². The summed E-state index contributed by atoms with van der Waals surface area (Å²) < 4.78 is 5.05. The highest BCUT2D eigenvalue weighted by molar-refractivity contribution is 6.35. The molecule has 1 heterocycles. The van der Waals surface area contributed by atoms with Crippen molar-refractivity contribution in [1.29, 1.82) is 0 Å². The second kappa shape index (κ2) is 7.51. The number of hydrogen-bond donors (Lipinski definition) is 1. The second-order valence-corrected chi connectivity index (χ2v) is 6.04. The van der Waals surface area contributed by atoms with Crippen LogP contribution in [0.4, 0.5) is 5.69 Å². The molecule has 0 aliphatic heterocycles. The van der Waals surface area contributed by atoms with Crippen LogP contribution in [0.3, 0.4) is 0 Å². The van der Waals surface area contributed by atoms with E-state index in [9.17, 15) is 9.59 Å². The third-order valence-electron chi connectivity index (χ3n) is 3.35. The average molecular weight is 375 g/mol. The SMILES string of the molecule is O=C(COC(=O)c1nccc2ccccc12)Nc1cc(Cl)cc(Cl)c1. The van der Waals surface area contributed by atoms with Crippen LogP contribution in [0.5, 0.6) is 0 Å². The maximum Gasteiger partial charge on any atom is 0.358 e. The first-order chi connectivity index (χ1) is 12.0. The number of aromatic nitrogens is 1. The molecular weight excluding hydrogens is 363 g/mol. The number of pyridine rings is 1. The molecule has 0 spiro atoms. The summed E-state index contributed by atoms with van der Waals surface area (Å²) in [6, 6.07) is 13.7. The third kappa shape index (κ3) is 4.26. The van der Waals surface area contributed by atoms with E-state index in [4.69, 9.17) is 27.9 Å². The molecule has 5 nitrogen and oxygen atoms in total. The minimum Gasteiger partial charge on any atom is -0.451 e. The number of nitrogens with zero attached hydrogens (tertiary/aromatic N) is 1. The Bertz CT molecular complexity index is 934. The van der Waals surface area contributed by atoms with Gasteiger partial charge in [0.2, 0.25) is 0 Å². The fourth-order valence-corrected chi connectivity index (χ4v) is 2.83. The van der Waals surface area contributed by atoms with Crippen molar-refractivity contribution >= 4 is 51.5 Å². The van der Waals surface area contributed by atoms with Crippen molar-refractivity contribution in [3.8, 4) is 0 Å². The number of ether oxygens (including phenoxy) is 1. The molecule has 0 bridgehead atoms. The lowest BCUT2D eigenvalue weighted by Gasteiger charge is -2.08. The highest BCUT2D eigenvalue weighted by Gasteiger charge is 2.15. The molecule has 3 aromatic rings. The third-order valence-corrected chi connectivity index (χ3v) is 3.78. The quantitative estimate of drug-likeness (QED) is 0.689. The van der Waals surface area contributed by atoms with Gasteiger partial charge < -0.3 is 10.1 Å². The molecule has 0 radical (unpaired) electrons. The first-order valence-corrected chi connectivity index (χ1v) is 8.05. The van der Waals surface area contributed by atoms with Crippen molar-refractivity contribution in [2.45, 2.75) is 0 Å². The number of anilines is 1. The Morgan fingerprint density at radius 1 is 1.04 bits per heavy atom. The van der Waals surface area contributed by atoms with E-state index in [1.807, 2.05) is 12.1 Å². The average Bonchev–Trinajstić information content (AvgIpc) is 2.58. The topological polar surface area (TPSA) is 68.3 Å². The Hall–Kier alpha value is -2.63. The zero-order chi connectivity index (χ0) is 17.8.